The second kappa shape index (κ2) is 7.43. The van der Waals surface area contributed by atoms with Gasteiger partial charge in [-0.2, -0.15) is 0 Å². The Balaban J connectivity index is 3.72. The zero-order valence-electron chi connectivity index (χ0n) is 8.32. The van der Waals surface area contributed by atoms with Gasteiger partial charge in [0.15, 0.2) is 0 Å². The van der Waals surface area contributed by atoms with E-state index in [4.69, 9.17) is 9.94 Å². The number of aldehydes is 1. The minimum Gasteiger partial charge on any atom is -0.393 e. The smallest absolute Gasteiger partial charge is 0.232 e. The van der Waals surface area contributed by atoms with Gasteiger partial charge in [-0.15, -0.1) is 5.59 Å². The van der Waals surface area contributed by atoms with E-state index in [2.05, 4.69) is 11.0 Å². The van der Waals surface area contributed by atoms with Crippen molar-refractivity contribution >= 4 is 12.2 Å². The van der Waals surface area contributed by atoms with Crippen molar-refractivity contribution in [1.29, 1.82) is 0 Å². The van der Waals surface area contributed by atoms with Gasteiger partial charge in [-0.3, -0.25) is 15.1 Å². The SMILES string of the molecule is CC(=O)NNO[C@@H](CC=O)C[C@H](C)O. The van der Waals surface area contributed by atoms with E-state index >= 15 is 0 Å². The molecule has 6 heteroatoms. The number of amides is 1. The summed E-state index contributed by atoms with van der Waals surface area (Å²) in [5.41, 5.74) is 4.40. The van der Waals surface area contributed by atoms with Crippen LogP contribution in [-0.2, 0) is 14.4 Å². The molecule has 0 aromatic rings. The van der Waals surface area contributed by atoms with Gasteiger partial charge in [0.2, 0.25) is 5.91 Å². The quantitative estimate of drug-likeness (QED) is 0.376. The Morgan fingerprint density at radius 1 is 1.64 bits per heavy atom. The van der Waals surface area contributed by atoms with Gasteiger partial charge in [-0.1, -0.05) is 0 Å². The third kappa shape index (κ3) is 7.66. The Labute approximate surface area is 82.5 Å². The summed E-state index contributed by atoms with van der Waals surface area (Å²) in [5.74, 6) is -0.299. The maximum Gasteiger partial charge on any atom is 0.232 e. The van der Waals surface area contributed by atoms with Crippen molar-refractivity contribution in [3.05, 3.63) is 0 Å². The van der Waals surface area contributed by atoms with Crippen LogP contribution in [0.4, 0.5) is 0 Å². The van der Waals surface area contributed by atoms with Crippen LogP contribution in [0.3, 0.4) is 0 Å². The number of aliphatic hydroxyl groups excluding tert-OH is 1. The molecule has 1 amide bonds. The average molecular weight is 204 g/mol. The highest BCUT2D eigenvalue weighted by Crippen LogP contribution is 2.03. The molecule has 14 heavy (non-hydrogen) atoms. The van der Waals surface area contributed by atoms with Gasteiger partial charge in [0.1, 0.15) is 6.29 Å². The lowest BCUT2D eigenvalue weighted by atomic mass is 10.1. The van der Waals surface area contributed by atoms with E-state index in [1.807, 2.05) is 0 Å². The van der Waals surface area contributed by atoms with E-state index in [1.165, 1.54) is 6.92 Å². The van der Waals surface area contributed by atoms with E-state index < -0.39 is 12.2 Å². The van der Waals surface area contributed by atoms with E-state index in [0.29, 0.717) is 12.7 Å². The number of rotatable bonds is 7. The topological polar surface area (TPSA) is 87.7 Å². The minimum absolute atomic E-state index is 0.164. The lowest BCUT2D eigenvalue weighted by Gasteiger charge is -2.16. The summed E-state index contributed by atoms with van der Waals surface area (Å²) in [6.45, 7) is 2.92. The summed E-state index contributed by atoms with van der Waals surface area (Å²) in [7, 11) is 0. The molecule has 0 heterocycles. The molecule has 0 aliphatic heterocycles. The van der Waals surface area contributed by atoms with Gasteiger partial charge >= 0.3 is 0 Å². The number of hydrogen-bond donors (Lipinski definition) is 3. The molecule has 0 unspecified atom stereocenters. The van der Waals surface area contributed by atoms with Crippen molar-refractivity contribution < 1.29 is 19.5 Å². The van der Waals surface area contributed by atoms with Gasteiger partial charge in [0.25, 0.3) is 0 Å². The van der Waals surface area contributed by atoms with Gasteiger partial charge < -0.3 is 9.90 Å². The number of carbonyl (C=O) groups excluding carboxylic acids is 2. The molecule has 0 aromatic heterocycles. The van der Waals surface area contributed by atoms with Crippen LogP contribution in [0.2, 0.25) is 0 Å². The van der Waals surface area contributed by atoms with Crippen LogP contribution in [0, 0.1) is 0 Å². The summed E-state index contributed by atoms with van der Waals surface area (Å²) in [6.07, 6.45) is 0.184. The van der Waals surface area contributed by atoms with Crippen LogP contribution in [-0.4, -0.2) is 29.5 Å². The molecule has 0 spiro atoms. The fourth-order valence-corrected chi connectivity index (χ4v) is 0.865. The van der Waals surface area contributed by atoms with Crippen molar-refractivity contribution in [2.45, 2.75) is 38.9 Å². The number of nitrogens with one attached hydrogen (secondary N) is 2. The van der Waals surface area contributed by atoms with Crippen molar-refractivity contribution in [1.82, 2.24) is 11.0 Å². The maximum absolute atomic E-state index is 10.4. The fourth-order valence-electron chi connectivity index (χ4n) is 0.865. The second-order valence-corrected chi connectivity index (χ2v) is 3.01. The van der Waals surface area contributed by atoms with Gasteiger partial charge in [-0.25, -0.2) is 0 Å². The Morgan fingerprint density at radius 2 is 2.29 bits per heavy atom. The molecular formula is C8H16N2O4. The molecule has 0 saturated heterocycles. The summed E-state index contributed by atoms with van der Waals surface area (Å²) in [5, 5.41) is 9.05. The summed E-state index contributed by atoms with van der Waals surface area (Å²) >= 11 is 0. The molecule has 6 nitrogen and oxygen atoms in total. The van der Waals surface area contributed by atoms with Crippen LogP contribution in [0.25, 0.3) is 0 Å². The lowest BCUT2D eigenvalue weighted by Crippen LogP contribution is -2.39. The molecule has 0 rings (SSSR count). The monoisotopic (exact) mass is 204 g/mol. The van der Waals surface area contributed by atoms with Crippen LogP contribution in [0.5, 0.6) is 0 Å². The predicted octanol–water partition coefficient (Wildman–Crippen LogP) is -0.713. The van der Waals surface area contributed by atoms with E-state index in [0.717, 1.165) is 0 Å². The largest absolute Gasteiger partial charge is 0.393 e. The van der Waals surface area contributed by atoms with Crippen molar-refractivity contribution in [3.8, 4) is 0 Å². The number of hydrogen-bond acceptors (Lipinski definition) is 5. The summed E-state index contributed by atoms with van der Waals surface area (Å²) < 4.78 is 0. The molecule has 0 bridgehead atoms. The summed E-state index contributed by atoms with van der Waals surface area (Å²) in [4.78, 5) is 25.6. The lowest BCUT2D eigenvalue weighted by molar-refractivity contribution is -0.130. The molecule has 0 saturated carbocycles. The zero-order valence-corrected chi connectivity index (χ0v) is 8.32. The number of hydrazine groups is 1. The Bertz CT molecular complexity index is 184. The Morgan fingerprint density at radius 3 is 2.71 bits per heavy atom. The first-order valence-electron chi connectivity index (χ1n) is 4.35. The molecule has 82 valence electrons. The van der Waals surface area contributed by atoms with Gasteiger partial charge in [0, 0.05) is 19.8 Å². The third-order valence-electron chi connectivity index (χ3n) is 1.42. The highest BCUT2D eigenvalue weighted by molar-refractivity contribution is 5.72. The third-order valence-corrected chi connectivity index (χ3v) is 1.42. The fraction of sp³-hybridized carbons (Fsp3) is 0.750. The normalized spacial score (nSPS) is 14.5. The van der Waals surface area contributed by atoms with E-state index in [1.54, 1.807) is 6.92 Å². The van der Waals surface area contributed by atoms with Crippen LogP contribution in [0.15, 0.2) is 0 Å². The maximum atomic E-state index is 10.4. The average Bonchev–Trinajstić information content (AvgIpc) is 2.02. The van der Waals surface area contributed by atoms with E-state index in [-0.39, 0.29) is 12.3 Å². The van der Waals surface area contributed by atoms with Crippen molar-refractivity contribution in [2.75, 3.05) is 0 Å². The molecule has 0 fully saturated rings. The first kappa shape index (κ1) is 13.0. The molecule has 0 aromatic carbocycles. The Hall–Kier alpha value is -0.980. The Kier molecular flexibility index (Phi) is 6.91. The first-order chi connectivity index (χ1) is 6.56. The zero-order chi connectivity index (χ0) is 11.0. The minimum atomic E-state index is -0.556. The summed E-state index contributed by atoms with van der Waals surface area (Å²) in [6, 6.07) is 0. The van der Waals surface area contributed by atoms with Crippen LogP contribution in [0.1, 0.15) is 26.7 Å². The van der Waals surface area contributed by atoms with Crippen molar-refractivity contribution in [3.63, 3.8) is 0 Å². The van der Waals surface area contributed by atoms with Gasteiger partial charge in [0.05, 0.1) is 12.2 Å². The molecule has 0 radical (unpaired) electrons. The van der Waals surface area contributed by atoms with Crippen LogP contribution >= 0.6 is 0 Å². The van der Waals surface area contributed by atoms with E-state index in [9.17, 15) is 9.59 Å². The molecule has 0 aliphatic rings. The highest BCUT2D eigenvalue weighted by Gasteiger charge is 2.12. The van der Waals surface area contributed by atoms with Gasteiger partial charge in [-0.05, 0) is 6.92 Å². The molecule has 3 N–H and O–H groups in total. The second-order valence-electron chi connectivity index (χ2n) is 3.01. The first-order valence-corrected chi connectivity index (χ1v) is 4.35. The standard InChI is InChI=1S/C8H16N2O4/c1-6(12)5-8(3-4-11)14-10-9-7(2)13/h4,6,8,10,12H,3,5H2,1-2H3,(H,9,13)/t6-,8-/m0/s1. The molecule has 0 aliphatic carbocycles. The highest BCUT2D eigenvalue weighted by atomic mass is 16.7. The van der Waals surface area contributed by atoms with Crippen molar-refractivity contribution in [2.24, 2.45) is 0 Å². The number of carbonyl (C=O) groups is 2. The predicted molar refractivity (Wildman–Crippen MR) is 48.8 cm³/mol. The molecular weight excluding hydrogens is 188 g/mol. The van der Waals surface area contributed by atoms with Crippen LogP contribution < -0.4 is 11.0 Å². The molecule has 2 atom stereocenters. The number of aliphatic hydroxyl groups is 1.